The Bertz CT molecular complexity index is 572. The number of amides is 1. The fourth-order valence-corrected chi connectivity index (χ4v) is 3.46. The van der Waals surface area contributed by atoms with Crippen molar-refractivity contribution in [2.45, 2.75) is 44.3 Å². The average Bonchev–Trinajstić information content (AvgIpc) is 2.60. The number of aliphatic hydroxyl groups is 1. The summed E-state index contributed by atoms with van der Waals surface area (Å²) in [5.41, 5.74) is 1.91. The van der Waals surface area contributed by atoms with Gasteiger partial charge >= 0.3 is 0 Å². The highest BCUT2D eigenvalue weighted by Crippen LogP contribution is 2.31. The van der Waals surface area contributed by atoms with Crippen molar-refractivity contribution < 1.29 is 19.4 Å². The van der Waals surface area contributed by atoms with E-state index in [2.05, 4.69) is 13.0 Å². The summed E-state index contributed by atoms with van der Waals surface area (Å²) >= 11 is 0. The molecular weight excluding hydrogens is 294 g/mol. The van der Waals surface area contributed by atoms with Crippen LogP contribution in [0.15, 0.2) is 18.2 Å². The number of aryl methyl sites for hydroxylation is 2. The quantitative estimate of drug-likeness (QED) is 0.921. The van der Waals surface area contributed by atoms with E-state index in [1.807, 2.05) is 17.0 Å². The zero-order valence-corrected chi connectivity index (χ0v) is 13.9. The normalized spacial score (nSPS) is 23.1. The molecule has 1 aromatic carbocycles. The van der Waals surface area contributed by atoms with Crippen LogP contribution in [0.3, 0.4) is 0 Å². The molecule has 1 aromatic rings. The molecule has 1 amide bonds. The van der Waals surface area contributed by atoms with Crippen molar-refractivity contribution >= 4 is 5.91 Å². The van der Waals surface area contributed by atoms with Crippen molar-refractivity contribution in [2.24, 2.45) is 0 Å². The Morgan fingerprint density at radius 1 is 1.43 bits per heavy atom. The maximum absolute atomic E-state index is 12.7. The third-order valence-electron chi connectivity index (χ3n) is 5.14. The van der Waals surface area contributed by atoms with Crippen LogP contribution in [-0.4, -0.2) is 54.4 Å². The SMILES string of the molecule is COC1(CO)CCN(C(=O)C2CCc3cc(C)ccc3O2)CC1. The van der Waals surface area contributed by atoms with E-state index < -0.39 is 11.7 Å². The molecule has 23 heavy (non-hydrogen) atoms. The van der Waals surface area contributed by atoms with Crippen LogP contribution < -0.4 is 4.74 Å². The highest BCUT2D eigenvalue weighted by atomic mass is 16.5. The zero-order valence-electron chi connectivity index (χ0n) is 13.9. The summed E-state index contributed by atoms with van der Waals surface area (Å²) in [5.74, 6) is 0.887. The highest BCUT2D eigenvalue weighted by Gasteiger charge is 2.38. The maximum Gasteiger partial charge on any atom is 0.263 e. The number of carbonyl (C=O) groups is 1. The highest BCUT2D eigenvalue weighted by molar-refractivity contribution is 5.81. The van der Waals surface area contributed by atoms with E-state index in [0.717, 1.165) is 18.6 Å². The molecule has 1 atom stereocenters. The Labute approximate surface area is 137 Å². The van der Waals surface area contributed by atoms with E-state index in [1.54, 1.807) is 7.11 Å². The second-order valence-electron chi connectivity index (χ2n) is 6.63. The topological polar surface area (TPSA) is 59.0 Å². The molecule has 5 nitrogen and oxygen atoms in total. The third kappa shape index (κ3) is 3.21. The molecule has 1 unspecified atom stereocenters. The van der Waals surface area contributed by atoms with Crippen molar-refractivity contribution in [3.8, 4) is 5.75 Å². The van der Waals surface area contributed by atoms with Crippen LogP contribution in [0.5, 0.6) is 5.75 Å². The summed E-state index contributed by atoms with van der Waals surface area (Å²) < 4.78 is 11.4. The number of piperidine rings is 1. The van der Waals surface area contributed by atoms with Gasteiger partial charge in [0.1, 0.15) is 5.75 Å². The van der Waals surface area contributed by atoms with Gasteiger partial charge in [-0.05, 0) is 44.2 Å². The second-order valence-corrected chi connectivity index (χ2v) is 6.63. The number of aliphatic hydroxyl groups excluding tert-OH is 1. The Hall–Kier alpha value is -1.59. The maximum atomic E-state index is 12.7. The molecule has 2 aliphatic rings. The van der Waals surface area contributed by atoms with Crippen LogP contribution >= 0.6 is 0 Å². The van der Waals surface area contributed by atoms with E-state index >= 15 is 0 Å². The van der Waals surface area contributed by atoms with Crippen molar-refractivity contribution in [3.05, 3.63) is 29.3 Å². The molecule has 0 aromatic heterocycles. The minimum Gasteiger partial charge on any atom is -0.480 e. The van der Waals surface area contributed by atoms with Gasteiger partial charge in [-0.25, -0.2) is 0 Å². The fourth-order valence-electron chi connectivity index (χ4n) is 3.46. The predicted octanol–water partition coefficient (Wildman–Crippen LogP) is 1.69. The number of benzene rings is 1. The lowest BCUT2D eigenvalue weighted by Gasteiger charge is -2.41. The molecule has 5 heteroatoms. The predicted molar refractivity (Wildman–Crippen MR) is 86.6 cm³/mol. The van der Waals surface area contributed by atoms with Gasteiger partial charge < -0.3 is 19.5 Å². The van der Waals surface area contributed by atoms with Crippen LogP contribution in [-0.2, 0) is 16.0 Å². The van der Waals surface area contributed by atoms with Crippen LogP contribution in [0.2, 0.25) is 0 Å². The number of ether oxygens (including phenoxy) is 2. The monoisotopic (exact) mass is 319 g/mol. The fraction of sp³-hybridized carbons (Fsp3) is 0.611. The molecule has 1 saturated heterocycles. The van der Waals surface area contributed by atoms with Gasteiger partial charge in [0.25, 0.3) is 5.91 Å². The Kier molecular flexibility index (Phi) is 4.60. The molecule has 0 radical (unpaired) electrons. The van der Waals surface area contributed by atoms with Crippen molar-refractivity contribution in [3.63, 3.8) is 0 Å². The summed E-state index contributed by atoms with van der Waals surface area (Å²) in [6.07, 6.45) is 2.53. The minimum absolute atomic E-state index is 0.00180. The lowest BCUT2D eigenvalue weighted by atomic mass is 9.91. The molecule has 1 fully saturated rings. The number of rotatable bonds is 3. The average molecular weight is 319 g/mol. The van der Waals surface area contributed by atoms with Gasteiger partial charge in [0.05, 0.1) is 12.2 Å². The Morgan fingerprint density at radius 3 is 2.83 bits per heavy atom. The first-order chi connectivity index (χ1) is 11.1. The van der Waals surface area contributed by atoms with Crippen molar-refractivity contribution in [1.82, 2.24) is 4.90 Å². The van der Waals surface area contributed by atoms with Gasteiger partial charge in [-0.1, -0.05) is 17.7 Å². The summed E-state index contributed by atoms with van der Waals surface area (Å²) in [5, 5.41) is 9.49. The first-order valence-corrected chi connectivity index (χ1v) is 8.28. The van der Waals surface area contributed by atoms with Gasteiger partial charge in [-0.3, -0.25) is 4.79 Å². The van der Waals surface area contributed by atoms with Crippen molar-refractivity contribution in [2.75, 3.05) is 26.8 Å². The summed E-state index contributed by atoms with van der Waals surface area (Å²) in [4.78, 5) is 14.6. The lowest BCUT2D eigenvalue weighted by molar-refractivity contribution is -0.147. The van der Waals surface area contributed by atoms with Crippen LogP contribution in [0, 0.1) is 6.92 Å². The number of methoxy groups -OCH3 is 1. The van der Waals surface area contributed by atoms with Crippen LogP contribution in [0.1, 0.15) is 30.4 Å². The number of hydrogen-bond acceptors (Lipinski definition) is 4. The third-order valence-corrected chi connectivity index (χ3v) is 5.14. The van der Waals surface area contributed by atoms with E-state index in [0.29, 0.717) is 25.9 Å². The number of hydrogen-bond donors (Lipinski definition) is 1. The first kappa shape index (κ1) is 16.3. The Morgan fingerprint density at radius 2 is 2.17 bits per heavy atom. The molecule has 2 heterocycles. The smallest absolute Gasteiger partial charge is 0.263 e. The molecule has 0 bridgehead atoms. The molecule has 3 rings (SSSR count). The van der Waals surface area contributed by atoms with E-state index in [9.17, 15) is 9.90 Å². The van der Waals surface area contributed by atoms with Gasteiger partial charge in [0.15, 0.2) is 6.10 Å². The molecule has 2 aliphatic heterocycles. The lowest BCUT2D eigenvalue weighted by Crippen LogP contribution is -2.53. The van der Waals surface area contributed by atoms with Gasteiger partial charge in [0.2, 0.25) is 0 Å². The molecule has 0 saturated carbocycles. The molecular formula is C18H25NO4. The Balaban J connectivity index is 1.63. The summed E-state index contributed by atoms with van der Waals surface area (Å²) in [6, 6.07) is 6.11. The summed E-state index contributed by atoms with van der Waals surface area (Å²) in [6.45, 7) is 3.27. The van der Waals surface area contributed by atoms with Crippen molar-refractivity contribution in [1.29, 1.82) is 0 Å². The molecule has 0 aliphatic carbocycles. The second kappa shape index (κ2) is 6.49. The largest absolute Gasteiger partial charge is 0.480 e. The molecule has 126 valence electrons. The first-order valence-electron chi connectivity index (χ1n) is 8.28. The minimum atomic E-state index is -0.492. The van der Waals surface area contributed by atoms with E-state index in [-0.39, 0.29) is 12.5 Å². The van der Waals surface area contributed by atoms with Gasteiger partial charge in [0, 0.05) is 20.2 Å². The van der Waals surface area contributed by atoms with Crippen LogP contribution in [0.25, 0.3) is 0 Å². The van der Waals surface area contributed by atoms with Gasteiger partial charge in [-0.2, -0.15) is 0 Å². The van der Waals surface area contributed by atoms with E-state index in [1.165, 1.54) is 11.1 Å². The van der Waals surface area contributed by atoms with Crippen LogP contribution in [0.4, 0.5) is 0 Å². The number of likely N-dealkylation sites (tertiary alicyclic amines) is 1. The summed E-state index contributed by atoms with van der Waals surface area (Å²) in [7, 11) is 1.62. The number of fused-ring (bicyclic) bond motifs is 1. The van der Waals surface area contributed by atoms with Gasteiger partial charge in [-0.15, -0.1) is 0 Å². The zero-order chi connectivity index (χ0) is 16.4. The number of carbonyl (C=O) groups excluding carboxylic acids is 1. The molecule has 0 spiro atoms. The van der Waals surface area contributed by atoms with E-state index in [4.69, 9.17) is 9.47 Å². The standard InChI is InChI=1S/C18H25NO4/c1-13-3-5-15-14(11-13)4-6-16(23-15)17(21)19-9-7-18(12-20,22-2)8-10-19/h3,5,11,16,20H,4,6-10,12H2,1-2H3. The number of nitrogens with zero attached hydrogens (tertiary/aromatic N) is 1. The molecule has 1 N–H and O–H groups in total.